The van der Waals surface area contributed by atoms with Crippen LogP contribution in [0.25, 0.3) is 0 Å². The number of aliphatic hydroxyl groups is 1. The Morgan fingerprint density at radius 3 is 2.95 bits per heavy atom. The van der Waals surface area contributed by atoms with Crippen LogP contribution < -0.4 is 4.74 Å². The standard InChI is InChI=1S/C17H26O2/c1-3-5-6-13(4-2)12-19-15-8-9-16-14(11-15)7-10-17(16)18/h8-9,11,13,17-18H,3-7,10,12H2,1-2H3. The molecule has 2 rings (SSSR count). The maximum Gasteiger partial charge on any atom is 0.119 e. The Morgan fingerprint density at radius 2 is 2.21 bits per heavy atom. The van der Waals surface area contributed by atoms with Crippen LogP contribution >= 0.6 is 0 Å². The Bertz CT molecular complexity index is 400. The molecule has 0 saturated heterocycles. The Hall–Kier alpha value is -1.02. The zero-order chi connectivity index (χ0) is 13.7. The topological polar surface area (TPSA) is 29.5 Å². The van der Waals surface area contributed by atoms with Crippen LogP contribution in [0, 0.1) is 5.92 Å². The van der Waals surface area contributed by atoms with E-state index in [0.29, 0.717) is 5.92 Å². The van der Waals surface area contributed by atoms with Crippen molar-refractivity contribution < 1.29 is 9.84 Å². The Morgan fingerprint density at radius 1 is 1.37 bits per heavy atom. The second kappa shape index (κ2) is 6.95. The third-order valence-electron chi connectivity index (χ3n) is 4.19. The fraction of sp³-hybridized carbons (Fsp3) is 0.647. The largest absolute Gasteiger partial charge is 0.493 e. The minimum absolute atomic E-state index is 0.267. The van der Waals surface area contributed by atoms with Crippen LogP contribution in [-0.4, -0.2) is 11.7 Å². The van der Waals surface area contributed by atoms with E-state index in [1.807, 2.05) is 12.1 Å². The molecule has 1 aromatic rings. The van der Waals surface area contributed by atoms with Crippen LogP contribution in [0.3, 0.4) is 0 Å². The molecular formula is C17H26O2. The summed E-state index contributed by atoms with van der Waals surface area (Å²) in [6.07, 6.45) is 6.55. The second-order valence-electron chi connectivity index (χ2n) is 5.64. The van der Waals surface area contributed by atoms with Gasteiger partial charge in [0.1, 0.15) is 5.75 Å². The minimum Gasteiger partial charge on any atom is -0.493 e. The summed E-state index contributed by atoms with van der Waals surface area (Å²) in [4.78, 5) is 0. The molecule has 19 heavy (non-hydrogen) atoms. The Kier molecular flexibility index (Phi) is 5.26. The van der Waals surface area contributed by atoms with E-state index in [1.54, 1.807) is 0 Å². The summed E-state index contributed by atoms with van der Waals surface area (Å²) < 4.78 is 5.93. The lowest BCUT2D eigenvalue weighted by molar-refractivity contribution is 0.180. The lowest BCUT2D eigenvalue weighted by atomic mass is 10.0. The van der Waals surface area contributed by atoms with Crippen LogP contribution in [0.4, 0.5) is 0 Å². The van der Waals surface area contributed by atoms with E-state index in [2.05, 4.69) is 19.9 Å². The molecule has 0 aliphatic heterocycles. The van der Waals surface area contributed by atoms with Gasteiger partial charge in [0.2, 0.25) is 0 Å². The van der Waals surface area contributed by atoms with E-state index in [0.717, 1.165) is 30.8 Å². The second-order valence-corrected chi connectivity index (χ2v) is 5.64. The Balaban J connectivity index is 1.89. The molecule has 2 atom stereocenters. The molecule has 106 valence electrons. The monoisotopic (exact) mass is 262 g/mol. The predicted octanol–water partition coefficient (Wildman–Crippen LogP) is 4.26. The van der Waals surface area contributed by atoms with Crippen LogP contribution in [-0.2, 0) is 6.42 Å². The smallest absolute Gasteiger partial charge is 0.119 e. The highest BCUT2D eigenvalue weighted by Gasteiger charge is 2.20. The van der Waals surface area contributed by atoms with Crippen molar-refractivity contribution in [2.24, 2.45) is 5.92 Å². The fourth-order valence-electron chi connectivity index (χ4n) is 2.77. The van der Waals surface area contributed by atoms with Gasteiger partial charge in [-0.05, 0) is 48.4 Å². The normalized spacial score (nSPS) is 19.2. The molecule has 1 N–H and O–H groups in total. The molecule has 1 aromatic carbocycles. The quantitative estimate of drug-likeness (QED) is 0.795. The van der Waals surface area contributed by atoms with Gasteiger partial charge in [-0.2, -0.15) is 0 Å². The number of unbranched alkanes of at least 4 members (excludes halogenated alkanes) is 1. The van der Waals surface area contributed by atoms with E-state index in [4.69, 9.17) is 4.74 Å². The minimum atomic E-state index is -0.267. The molecular weight excluding hydrogens is 236 g/mol. The molecule has 0 spiro atoms. The summed E-state index contributed by atoms with van der Waals surface area (Å²) >= 11 is 0. The van der Waals surface area contributed by atoms with Gasteiger partial charge in [-0.15, -0.1) is 0 Å². The zero-order valence-corrected chi connectivity index (χ0v) is 12.2. The predicted molar refractivity (Wildman–Crippen MR) is 78.5 cm³/mol. The zero-order valence-electron chi connectivity index (χ0n) is 12.2. The van der Waals surface area contributed by atoms with E-state index in [-0.39, 0.29) is 6.10 Å². The van der Waals surface area contributed by atoms with Crippen molar-refractivity contribution in [3.8, 4) is 5.75 Å². The number of benzene rings is 1. The number of hydrogen-bond donors (Lipinski definition) is 1. The number of aryl methyl sites for hydroxylation is 1. The summed E-state index contributed by atoms with van der Waals surface area (Å²) in [5.74, 6) is 1.63. The summed E-state index contributed by atoms with van der Waals surface area (Å²) in [5, 5.41) is 9.78. The van der Waals surface area contributed by atoms with Crippen molar-refractivity contribution in [1.29, 1.82) is 0 Å². The molecule has 0 heterocycles. The number of fused-ring (bicyclic) bond motifs is 1. The van der Waals surface area contributed by atoms with E-state index >= 15 is 0 Å². The molecule has 1 aliphatic rings. The molecule has 0 bridgehead atoms. The molecule has 0 fully saturated rings. The molecule has 2 unspecified atom stereocenters. The molecule has 0 radical (unpaired) electrons. The van der Waals surface area contributed by atoms with E-state index in [1.165, 1.54) is 31.2 Å². The molecule has 0 amide bonds. The fourth-order valence-corrected chi connectivity index (χ4v) is 2.77. The first-order chi connectivity index (χ1) is 9.24. The molecule has 0 aromatic heterocycles. The maximum absolute atomic E-state index is 9.78. The van der Waals surface area contributed by atoms with Gasteiger partial charge in [-0.1, -0.05) is 39.2 Å². The van der Waals surface area contributed by atoms with Gasteiger partial charge in [-0.3, -0.25) is 0 Å². The van der Waals surface area contributed by atoms with E-state index in [9.17, 15) is 5.11 Å². The average Bonchev–Trinajstić information content (AvgIpc) is 2.80. The van der Waals surface area contributed by atoms with Crippen LogP contribution in [0.2, 0.25) is 0 Å². The van der Waals surface area contributed by atoms with Crippen molar-refractivity contribution in [2.45, 2.75) is 58.5 Å². The third kappa shape index (κ3) is 3.73. The SMILES string of the molecule is CCCCC(CC)COc1ccc2c(c1)CCC2O. The third-order valence-corrected chi connectivity index (χ3v) is 4.19. The van der Waals surface area contributed by atoms with Gasteiger partial charge in [0, 0.05) is 0 Å². The van der Waals surface area contributed by atoms with Gasteiger partial charge in [0.15, 0.2) is 0 Å². The first kappa shape index (κ1) is 14.4. The summed E-state index contributed by atoms with van der Waals surface area (Å²) in [6.45, 7) is 5.29. The van der Waals surface area contributed by atoms with E-state index < -0.39 is 0 Å². The maximum atomic E-state index is 9.78. The number of ether oxygens (including phenoxy) is 1. The van der Waals surface area contributed by atoms with Crippen molar-refractivity contribution >= 4 is 0 Å². The summed E-state index contributed by atoms with van der Waals surface area (Å²) in [5.41, 5.74) is 2.34. The number of aliphatic hydroxyl groups excluding tert-OH is 1. The summed E-state index contributed by atoms with van der Waals surface area (Å²) in [6, 6.07) is 6.13. The van der Waals surface area contributed by atoms with Crippen molar-refractivity contribution in [3.63, 3.8) is 0 Å². The first-order valence-electron chi connectivity index (χ1n) is 7.68. The molecule has 2 nitrogen and oxygen atoms in total. The first-order valence-corrected chi connectivity index (χ1v) is 7.68. The van der Waals surface area contributed by atoms with Crippen LogP contribution in [0.15, 0.2) is 18.2 Å². The van der Waals surface area contributed by atoms with Gasteiger partial charge in [0.05, 0.1) is 12.7 Å². The average molecular weight is 262 g/mol. The van der Waals surface area contributed by atoms with Gasteiger partial charge in [0.25, 0.3) is 0 Å². The number of hydrogen-bond acceptors (Lipinski definition) is 2. The van der Waals surface area contributed by atoms with Crippen LogP contribution in [0.5, 0.6) is 5.75 Å². The highest BCUT2D eigenvalue weighted by molar-refractivity contribution is 5.39. The molecule has 0 saturated carbocycles. The Labute approximate surface area is 116 Å². The van der Waals surface area contributed by atoms with Gasteiger partial charge < -0.3 is 9.84 Å². The molecule has 2 heteroatoms. The van der Waals surface area contributed by atoms with Gasteiger partial charge >= 0.3 is 0 Å². The highest BCUT2D eigenvalue weighted by Crippen LogP contribution is 2.33. The highest BCUT2D eigenvalue weighted by atomic mass is 16.5. The van der Waals surface area contributed by atoms with Crippen molar-refractivity contribution in [3.05, 3.63) is 29.3 Å². The lowest BCUT2D eigenvalue weighted by Gasteiger charge is -2.16. The summed E-state index contributed by atoms with van der Waals surface area (Å²) in [7, 11) is 0. The lowest BCUT2D eigenvalue weighted by Crippen LogP contribution is -2.11. The van der Waals surface area contributed by atoms with Crippen LogP contribution in [0.1, 0.15) is 63.2 Å². The van der Waals surface area contributed by atoms with Crippen molar-refractivity contribution in [2.75, 3.05) is 6.61 Å². The van der Waals surface area contributed by atoms with Gasteiger partial charge in [-0.25, -0.2) is 0 Å². The molecule has 1 aliphatic carbocycles. The van der Waals surface area contributed by atoms with Crippen molar-refractivity contribution in [1.82, 2.24) is 0 Å². The number of rotatable bonds is 7.